The van der Waals surface area contributed by atoms with Gasteiger partial charge in [-0.3, -0.25) is 9.59 Å². The second-order valence-corrected chi connectivity index (χ2v) is 6.00. The standard InChI is InChI=1S/C18H11ClN2O4/c19-12-6-5-11-7-8-20(15(11)9-12)10-16(22)25-21-17(23)13-3-1-2-4-14(13)18(21)24/h1-9H,10H2. The zero-order chi connectivity index (χ0) is 17.6. The molecule has 0 fully saturated rings. The molecule has 3 aromatic rings. The molecular weight excluding hydrogens is 344 g/mol. The smallest absolute Gasteiger partial charge is 0.336 e. The van der Waals surface area contributed by atoms with Gasteiger partial charge in [-0.1, -0.05) is 34.9 Å². The minimum Gasteiger partial charge on any atom is -0.336 e. The van der Waals surface area contributed by atoms with Gasteiger partial charge in [-0.25, -0.2) is 4.79 Å². The molecule has 2 amide bonds. The van der Waals surface area contributed by atoms with Crippen molar-refractivity contribution in [1.82, 2.24) is 9.63 Å². The van der Waals surface area contributed by atoms with E-state index >= 15 is 0 Å². The topological polar surface area (TPSA) is 68.6 Å². The molecule has 1 aliphatic rings. The minimum absolute atomic E-state index is 0.156. The summed E-state index contributed by atoms with van der Waals surface area (Å²) >= 11 is 5.98. The summed E-state index contributed by atoms with van der Waals surface area (Å²) in [5.74, 6) is -2.02. The van der Waals surface area contributed by atoms with Crippen molar-refractivity contribution in [2.45, 2.75) is 6.54 Å². The van der Waals surface area contributed by atoms with Crippen molar-refractivity contribution in [3.8, 4) is 0 Å². The van der Waals surface area contributed by atoms with E-state index in [2.05, 4.69) is 0 Å². The Morgan fingerprint density at radius 2 is 1.68 bits per heavy atom. The van der Waals surface area contributed by atoms with E-state index in [1.165, 1.54) is 12.1 Å². The van der Waals surface area contributed by atoms with Crippen LogP contribution < -0.4 is 0 Å². The molecule has 0 aliphatic carbocycles. The Labute approximate surface area is 147 Å². The molecule has 0 atom stereocenters. The number of rotatable bonds is 3. The van der Waals surface area contributed by atoms with Crippen LogP contribution in [0.4, 0.5) is 0 Å². The molecule has 2 heterocycles. The molecule has 0 spiro atoms. The Hall–Kier alpha value is -3.12. The van der Waals surface area contributed by atoms with Crippen LogP contribution in [0.25, 0.3) is 10.9 Å². The Kier molecular flexibility index (Phi) is 3.54. The Morgan fingerprint density at radius 1 is 1.00 bits per heavy atom. The van der Waals surface area contributed by atoms with Crippen LogP contribution >= 0.6 is 11.6 Å². The first-order valence-corrected chi connectivity index (χ1v) is 7.85. The number of hydrogen-bond donors (Lipinski definition) is 0. The van der Waals surface area contributed by atoms with Crippen molar-refractivity contribution in [1.29, 1.82) is 0 Å². The first kappa shape index (κ1) is 15.4. The van der Waals surface area contributed by atoms with Crippen LogP contribution in [0.15, 0.2) is 54.7 Å². The highest BCUT2D eigenvalue weighted by Crippen LogP contribution is 2.24. The molecule has 1 aromatic heterocycles. The highest BCUT2D eigenvalue weighted by atomic mass is 35.5. The number of aromatic nitrogens is 1. The summed E-state index contributed by atoms with van der Waals surface area (Å²) in [6, 6.07) is 13.5. The molecule has 6 nitrogen and oxygen atoms in total. The van der Waals surface area contributed by atoms with E-state index in [9.17, 15) is 14.4 Å². The first-order chi connectivity index (χ1) is 12.0. The normalized spacial score (nSPS) is 13.4. The lowest BCUT2D eigenvalue weighted by Gasteiger charge is -2.13. The van der Waals surface area contributed by atoms with Crippen molar-refractivity contribution in [2.75, 3.05) is 0 Å². The molecule has 0 radical (unpaired) electrons. The lowest BCUT2D eigenvalue weighted by atomic mass is 10.1. The van der Waals surface area contributed by atoms with Crippen molar-refractivity contribution in [3.63, 3.8) is 0 Å². The third-order valence-electron chi connectivity index (χ3n) is 3.99. The molecule has 4 rings (SSSR count). The van der Waals surface area contributed by atoms with Crippen LogP contribution in [0.5, 0.6) is 0 Å². The molecule has 0 saturated carbocycles. The third kappa shape index (κ3) is 2.56. The predicted molar refractivity (Wildman–Crippen MR) is 90.0 cm³/mol. The molecular formula is C18H11ClN2O4. The summed E-state index contributed by atoms with van der Waals surface area (Å²) in [5.41, 5.74) is 1.20. The average Bonchev–Trinajstić information content (AvgIpc) is 3.10. The quantitative estimate of drug-likeness (QED) is 0.678. The van der Waals surface area contributed by atoms with Gasteiger partial charge in [0.15, 0.2) is 0 Å². The van der Waals surface area contributed by atoms with E-state index in [4.69, 9.17) is 16.4 Å². The lowest BCUT2D eigenvalue weighted by Crippen LogP contribution is -2.33. The maximum atomic E-state index is 12.2. The van der Waals surface area contributed by atoms with Gasteiger partial charge in [-0.15, -0.1) is 0 Å². The van der Waals surface area contributed by atoms with Crippen LogP contribution in [0, 0.1) is 0 Å². The van der Waals surface area contributed by atoms with Crippen LogP contribution in [-0.4, -0.2) is 27.4 Å². The van der Waals surface area contributed by atoms with Gasteiger partial charge in [0.05, 0.1) is 16.6 Å². The van der Waals surface area contributed by atoms with Gasteiger partial charge in [0.25, 0.3) is 11.8 Å². The van der Waals surface area contributed by atoms with Gasteiger partial charge >= 0.3 is 5.97 Å². The van der Waals surface area contributed by atoms with Gasteiger partial charge in [-0.2, -0.15) is 0 Å². The van der Waals surface area contributed by atoms with Crippen LogP contribution in [-0.2, 0) is 16.2 Å². The van der Waals surface area contributed by atoms with E-state index < -0.39 is 17.8 Å². The highest BCUT2D eigenvalue weighted by molar-refractivity contribution is 6.31. The number of amides is 2. The van der Waals surface area contributed by atoms with Crippen LogP contribution in [0.1, 0.15) is 20.7 Å². The predicted octanol–water partition coefficient (Wildman–Crippen LogP) is 3.05. The zero-order valence-corrected chi connectivity index (χ0v) is 13.6. The monoisotopic (exact) mass is 354 g/mol. The molecule has 0 unspecified atom stereocenters. The molecule has 25 heavy (non-hydrogen) atoms. The first-order valence-electron chi connectivity index (χ1n) is 7.47. The average molecular weight is 355 g/mol. The van der Waals surface area contributed by atoms with E-state index in [0.29, 0.717) is 10.1 Å². The number of imide groups is 1. The third-order valence-corrected chi connectivity index (χ3v) is 4.22. The second kappa shape index (κ2) is 5.75. The fourth-order valence-electron chi connectivity index (χ4n) is 2.81. The van der Waals surface area contributed by atoms with Crippen LogP contribution in [0.2, 0.25) is 5.02 Å². The molecule has 124 valence electrons. The van der Waals surface area contributed by atoms with Gasteiger partial charge in [0.2, 0.25) is 0 Å². The molecule has 1 aliphatic heterocycles. The van der Waals surface area contributed by atoms with Gasteiger partial charge < -0.3 is 9.40 Å². The maximum absolute atomic E-state index is 12.2. The Balaban J connectivity index is 1.54. The summed E-state index contributed by atoms with van der Waals surface area (Å²) < 4.78 is 1.64. The number of fused-ring (bicyclic) bond motifs is 2. The number of halogens is 1. The van der Waals surface area contributed by atoms with E-state index in [0.717, 1.165) is 10.9 Å². The fourth-order valence-corrected chi connectivity index (χ4v) is 2.98. The molecule has 0 saturated heterocycles. The number of hydroxylamine groups is 2. The van der Waals surface area contributed by atoms with Crippen molar-refractivity contribution in [2.24, 2.45) is 0 Å². The zero-order valence-electron chi connectivity index (χ0n) is 12.8. The van der Waals surface area contributed by atoms with Crippen LogP contribution in [0.3, 0.4) is 0 Å². The largest absolute Gasteiger partial charge is 0.352 e. The van der Waals surface area contributed by atoms with Gasteiger partial charge in [0.1, 0.15) is 6.54 Å². The number of carbonyl (C=O) groups excluding carboxylic acids is 3. The summed E-state index contributed by atoms with van der Waals surface area (Å²) in [7, 11) is 0. The summed E-state index contributed by atoms with van der Waals surface area (Å²) in [6.07, 6.45) is 1.71. The summed E-state index contributed by atoms with van der Waals surface area (Å²) in [5, 5.41) is 1.96. The van der Waals surface area contributed by atoms with E-state index in [1.54, 1.807) is 35.0 Å². The summed E-state index contributed by atoms with van der Waals surface area (Å²) in [6.45, 7) is -0.156. The van der Waals surface area contributed by atoms with Crippen molar-refractivity contribution < 1.29 is 19.2 Å². The molecule has 0 N–H and O–H groups in total. The number of benzene rings is 2. The van der Waals surface area contributed by atoms with E-state index in [1.807, 2.05) is 12.1 Å². The molecule has 7 heteroatoms. The second-order valence-electron chi connectivity index (χ2n) is 5.56. The number of carbonyl (C=O) groups is 3. The highest BCUT2D eigenvalue weighted by Gasteiger charge is 2.38. The summed E-state index contributed by atoms with van der Waals surface area (Å²) in [4.78, 5) is 41.6. The maximum Gasteiger partial charge on any atom is 0.352 e. The fraction of sp³-hybridized carbons (Fsp3) is 0.0556. The molecule has 0 bridgehead atoms. The Morgan fingerprint density at radius 3 is 2.36 bits per heavy atom. The Bertz CT molecular complexity index is 1010. The number of hydrogen-bond acceptors (Lipinski definition) is 4. The molecule has 2 aromatic carbocycles. The SMILES string of the molecule is O=C(Cn1ccc2ccc(Cl)cc21)ON1C(=O)c2ccccc2C1=O. The van der Waals surface area contributed by atoms with Crippen molar-refractivity contribution in [3.05, 3.63) is 70.9 Å². The van der Waals surface area contributed by atoms with Gasteiger partial charge in [-0.05, 0) is 35.7 Å². The lowest BCUT2D eigenvalue weighted by molar-refractivity contribution is -0.169. The van der Waals surface area contributed by atoms with E-state index in [-0.39, 0.29) is 17.7 Å². The minimum atomic E-state index is -0.730. The van der Waals surface area contributed by atoms with Crippen molar-refractivity contribution >= 4 is 40.3 Å². The number of nitrogens with zero attached hydrogens (tertiary/aromatic N) is 2. The van der Waals surface area contributed by atoms with Gasteiger partial charge in [0, 0.05) is 11.2 Å².